The summed E-state index contributed by atoms with van der Waals surface area (Å²) in [6.45, 7) is 3.69. The van der Waals surface area contributed by atoms with Gasteiger partial charge in [0.1, 0.15) is 0 Å². The summed E-state index contributed by atoms with van der Waals surface area (Å²) < 4.78 is 7.41. The first-order valence-electron chi connectivity index (χ1n) is 17.0. The van der Waals surface area contributed by atoms with Gasteiger partial charge in [0.2, 0.25) is 17.7 Å². The fourth-order valence-electron chi connectivity index (χ4n) is 7.00. The lowest BCUT2D eigenvalue weighted by atomic mass is 10.0. The average Bonchev–Trinajstić information content (AvgIpc) is 3.90. The molecule has 1 aromatic carbocycles. The molecule has 3 amide bonds. The van der Waals surface area contributed by atoms with E-state index in [9.17, 15) is 14.4 Å². The molecule has 0 aliphatic carbocycles. The summed E-state index contributed by atoms with van der Waals surface area (Å²) in [5, 5.41) is 13.1. The van der Waals surface area contributed by atoms with Crippen LogP contribution in [0.25, 0.3) is 22.5 Å². The molecule has 6 heterocycles. The molecule has 2 saturated heterocycles. The van der Waals surface area contributed by atoms with Gasteiger partial charge in [0.15, 0.2) is 5.82 Å². The maximum absolute atomic E-state index is 13.6. The molecule has 2 atom stereocenters. The van der Waals surface area contributed by atoms with Crippen LogP contribution in [-0.2, 0) is 36.1 Å². The maximum Gasteiger partial charge on any atom is 0.291 e. The molecule has 51 heavy (non-hydrogen) atoms. The first-order valence-corrected chi connectivity index (χ1v) is 17.8. The molecule has 0 bridgehead atoms. The molecule has 15 heteroatoms. The number of anilines is 1. The molecule has 13 nitrogen and oxygen atoms in total. The van der Waals surface area contributed by atoms with Crippen molar-refractivity contribution in [2.45, 2.75) is 44.8 Å². The molecule has 4 N–H and O–H groups in total. The van der Waals surface area contributed by atoms with Crippen molar-refractivity contribution < 1.29 is 19.1 Å². The van der Waals surface area contributed by atoms with Crippen LogP contribution in [0.3, 0.4) is 0 Å². The second-order valence-electron chi connectivity index (χ2n) is 13.0. The quantitative estimate of drug-likeness (QED) is 0.190. The lowest BCUT2D eigenvalue weighted by molar-refractivity contribution is -0.136. The van der Waals surface area contributed by atoms with E-state index in [-0.39, 0.29) is 34.6 Å². The highest BCUT2D eigenvalue weighted by molar-refractivity contribution is 6.39. The van der Waals surface area contributed by atoms with E-state index in [0.717, 1.165) is 36.3 Å². The van der Waals surface area contributed by atoms with Crippen molar-refractivity contribution in [1.29, 1.82) is 0 Å². The maximum atomic E-state index is 13.6. The summed E-state index contributed by atoms with van der Waals surface area (Å²) in [5.74, 6) is 0.474. The summed E-state index contributed by atoms with van der Waals surface area (Å²) in [7, 11) is 3.38. The second kappa shape index (κ2) is 15.0. The van der Waals surface area contributed by atoms with E-state index in [0.29, 0.717) is 84.7 Å². The Bertz CT molecular complexity index is 2000. The van der Waals surface area contributed by atoms with Gasteiger partial charge in [-0.15, -0.1) is 0 Å². The number of hydrogen-bond acceptors (Lipinski definition) is 9. The summed E-state index contributed by atoms with van der Waals surface area (Å²) >= 11 is 13.9. The minimum Gasteiger partial charge on any atom is -0.481 e. The van der Waals surface area contributed by atoms with Crippen LogP contribution in [0.4, 0.5) is 5.69 Å². The monoisotopic (exact) mass is 731 g/mol. The van der Waals surface area contributed by atoms with Gasteiger partial charge in [0.25, 0.3) is 5.91 Å². The number of halogens is 2. The van der Waals surface area contributed by atoms with Gasteiger partial charge in [0.05, 0.1) is 52.4 Å². The Morgan fingerprint density at radius 3 is 2.69 bits per heavy atom. The number of methoxy groups -OCH3 is 1. The van der Waals surface area contributed by atoms with Crippen LogP contribution in [0, 0.1) is 5.92 Å². The predicted octanol–water partition coefficient (Wildman–Crippen LogP) is 3.97. The van der Waals surface area contributed by atoms with Crippen molar-refractivity contribution in [1.82, 2.24) is 40.4 Å². The van der Waals surface area contributed by atoms with Crippen molar-refractivity contribution in [3.63, 3.8) is 0 Å². The van der Waals surface area contributed by atoms with Gasteiger partial charge in [-0.25, -0.2) is 9.97 Å². The van der Waals surface area contributed by atoms with E-state index in [1.165, 1.54) is 0 Å². The van der Waals surface area contributed by atoms with Crippen molar-refractivity contribution in [3.05, 3.63) is 75.4 Å². The fourth-order valence-corrected chi connectivity index (χ4v) is 7.58. The third-order valence-corrected chi connectivity index (χ3v) is 10.6. The van der Waals surface area contributed by atoms with Crippen molar-refractivity contribution in [3.8, 4) is 28.4 Å². The van der Waals surface area contributed by atoms with E-state index in [1.807, 2.05) is 24.1 Å². The molecule has 0 radical (unpaired) electrons. The Balaban J connectivity index is 1.07. The van der Waals surface area contributed by atoms with Crippen LogP contribution in [-0.4, -0.2) is 81.5 Å². The second-order valence-corrected chi connectivity index (χ2v) is 13.8. The Labute approximate surface area is 305 Å². The van der Waals surface area contributed by atoms with Crippen LogP contribution >= 0.6 is 23.2 Å². The van der Waals surface area contributed by atoms with Crippen molar-refractivity contribution in [2.24, 2.45) is 13.0 Å². The number of hydrogen-bond donors (Lipinski definition) is 4. The van der Waals surface area contributed by atoms with Gasteiger partial charge in [-0.05, 0) is 37.6 Å². The predicted molar refractivity (Wildman–Crippen MR) is 194 cm³/mol. The summed E-state index contributed by atoms with van der Waals surface area (Å²) in [4.78, 5) is 53.9. The number of nitrogens with zero attached hydrogens (tertiary/aromatic N) is 5. The molecule has 0 unspecified atom stereocenters. The Morgan fingerprint density at radius 2 is 1.92 bits per heavy atom. The highest BCUT2D eigenvalue weighted by Gasteiger charge is 2.32. The topological polar surface area (TPSA) is 155 Å². The van der Waals surface area contributed by atoms with Gasteiger partial charge >= 0.3 is 0 Å². The first kappa shape index (κ1) is 34.9. The lowest BCUT2D eigenvalue weighted by Crippen LogP contribution is -2.40. The highest BCUT2D eigenvalue weighted by Crippen LogP contribution is 2.40. The number of pyridine rings is 2. The molecule has 3 aromatic heterocycles. The fraction of sp³-hybridized carbons (Fsp3) is 0.389. The molecule has 7 rings (SSSR count). The van der Waals surface area contributed by atoms with Crippen LogP contribution in [0.1, 0.15) is 46.8 Å². The molecule has 3 aliphatic rings. The molecule has 266 valence electrons. The number of carbonyl (C=O) groups excluding carboxylic acids is 3. The number of fused-ring (bicyclic) bond motifs is 1. The molecular formula is C36H39Cl2N9O4. The van der Waals surface area contributed by atoms with Gasteiger partial charge in [0, 0.05) is 80.7 Å². The van der Waals surface area contributed by atoms with E-state index in [4.69, 9.17) is 32.9 Å². The number of benzene rings is 1. The first-order chi connectivity index (χ1) is 24.7. The highest BCUT2D eigenvalue weighted by atomic mass is 35.5. The lowest BCUT2D eigenvalue weighted by Gasteiger charge is -2.28. The zero-order valence-electron chi connectivity index (χ0n) is 28.4. The number of ether oxygens (including phenoxy) is 1. The Kier molecular flexibility index (Phi) is 10.2. The Hall–Kier alpha value is -4.56. The number of amides is 3. The molecule has 3 aliphatic heterocycles. The Morgan fingerprint density at radius 1 is 1.06 bits per heavy atom. The zero-order valence-corrected chi connectivity index (χ0v) is 29.9. The summed E-state index contributed by atoms with van der Waals surface area (Å²) in [6, 6.07) is 11.0. The van der Waals surface area contributed by atoms with Crippen molar-refractivity contribution >= 4 is 46.6 Å². The van der Waals surface area contributed by atoms with E-state index >= 15 is 0 Å². The van der Waals surface area contributed by atoms with Gasteiger partial charge in [-0.2, -0.15) is 0 Å². The number of aromatic nitrogens is 4. The van der Waals surface area contributed by atoms with Crippen LogP contribution in [0.5, 0.6) is 5.88 Å². The van der Waals surface area contributed by atoms with E-state index < -0.39 is 5.91 Å². The molecular weight excluding hydrogens is 693 g/mol. The van der Waals surface area contributed by atoms with Gasteiger partial charge < -0.3 is 35.5 Å². The normalized spacial score (nSPS) is 18.4. The smallest absolute Gasteiger partial charge is 0.291 e. The van der Waals surface area contributed by atoms with Crippen LogP contribution < -0.4 is 26.0 Å². The van der Waals surface area contributed by atoms with E-state index in [2.05, 4.69) is 31.2 Å². The number of imidazole rings is 1. The SMILES string of the molecule is COc1nc(-c2ccnc(-c3cccc(NC(=O)c4nc5c(n4C)CCN(C(=O)[C@H]4CCNC4)C5)c3Cl)c2Cl)ccc1CNC[C@H]1CCC(=O)N1. The average molecular weight is 733 g/mol. The third-order valence-electron chi connectivity index (χ3n) is 9.77. The van der Waals surface area contributed by atoms with Crippen LogP contribution in [0.2, 0.25) is 10.0 Å². The van der Waals surface area contributed by atoms with Gasteiger partial charge in [-0.1, -0.05) is 41.4 Å². The number of rotatable bonds is 10. The summed E-state index contributed by atoms with van der Waals surface area (Å²) in [6.07, 6.45) is 4.46. The molecule has 4 aromatic rings. The van der Waals surface area contributed by atoms with Crippen molar-refractivity contribution in [2.75, 3.05) is 38.6 Å². The zero-order chi connectivity index (χ0) is 35.6. The van der Waals surface area contributed by atoms with Gasteiger partial charge in [-0.3, -0.25) is 19.4 Å². The number of carbonyl (C=O) groups is 3. The molecule has 0 spiro atoms. The third kappa shape index (κ3) is 7.16. The number of nitrogens with one attached hydrogen (secondary N) is 4. The van der Waals surface area contributed by atoms with E-state index in [1.54, 1.807) is 42.1 Å². The summed E-state index contributed by atoms with van der Waals surface area (Å²) in [5.41, 5.74) is 5.09. The largest absolute Gasteiger partial charge is 0.481 e. The molecule has 0 saturated carbocycles. The molecule has 2 fully saturated rings. The standard InChI is InChI=1S/C36H39Cl2N9O4/c1-46-28-12-15-47(36(50)21-10-13-39-17-21)19-27(28)43-33(46)34(49)44-26-5-3-4-24(30(26)37)32-31(38)23(11-14-41-32)25-8-6-20(35(45-25)51-2)16-40-18-22-7-9-29(48)42-22/h3-6,8,11,14,21-22,39-40H,7,9-10,12-13,15-19H2,1-2H3,(H,42,48)(H,44,49)/t21-,22+/m0/s1. The minimum atomic E-state index is -0.421. The van der Waals surface area contributed by atoms with Crippen LogP contribution in [0.15, 0.2) is 42.6 Å². The minimum absolute atomic E-state index is 0.0113.